The van der Waals surface area contributed by atoms with Gasteiger partial charge in [0.05, 0.1) is 21.2 Å². The summed E-state index contributed by atoms with van der Waals surface area (Å²) < 4.78 is 5.12. The van der Waals surface area contributed by atoms with E-state index in [1.54, 1.807) is 19.3 Å². The molecule has 2 aromatic rings. The third-order valence-corrected chi connectivity index (χ3v) is 3.66. The molecule has 0 aromatic heterocycles. The Morgan fingerprint density at radius 2 is 1.75 bits per heavy atom. The summed E-state index contributed by atoms with van der Waals surface area (Å²) in [4.78, 5) is 13.4. The molecule has 0 saturated heterocycles. The lowest BCUT2D eigenvalue weighted by Gasteiger charge is -2.12. The average Bonchev–Trinajstić information content (AvgIpc) is 2.59. The molecule has 4 heteroatoms. The van der Waals surface area contributed by atoms with Gasteiger partial charge in [0.2, 0.25) is 5.91 Å². The van der Waals surface area contributed by atoms with Crippen LogP contribution in [0.1, 0.15) is 16.7 Å². The zero-order valence-corrected chi connectivity index (χ0v) is 14.5. The summed E-state index contributed by atoms with van der Waals surface area (Å²) in [5, 5.41) is 2.95. The van der Waals surface area contributed by atoms with E-state index >= 15 is 0 Å². The van der Waals surface area contributed by atoms with Crippen LogP contribution in [-0.4, -0.2) is 27.1 Å². The lowest BCUT2D eigenvalue weighted by atomic mass is 10.1. The van der Waals surface area contributed by atoms with Crippen LogP contribution in [0.3, 0.4) is 0 Å². The molecule has 0 aliphatic carbocycles. The first-order valence-electron chi connectivity index (χ1n) is 8.04. The second-order valence-corrected chi connectivity index (χ2v) is 5.98. The van der Waals surface area contributed by atoms with Gasteiger partial charge in [0.25, 0.3) is 0 Å². The van der Waals surface area contributed by atoms with E-state index in [4.69, 9.17) is 4.74 Å². The van der Waals surface area contributed by atoms with E-state index in [1.165, 1.54) is 10.5 Å². The maximum Gasteiger partial charge on any atom is 0.244 e. The summed E-state index contributed by atoms with van der Waals surface area (Å²) in [6.07, 6.45) is 3.35. The van der Waals surface area contributed by atoms with Gasteiger partial charge < -0.3 is 15.0 Å². The number of benzene rings is 2. The molecule has 0 heterocycles. The Kier molecular flexibility index (Phi) is 6.58. The van der Waals surface area contributed by atoms with Crippen molar-refractivity contribution < 1.29 is 14.4 Å². The molecule has 2 rings (SSSR count). The first kappa shape index (κ1) is 17.8. The fourth-order valence-corrected chi connectivity index (χ4v) is 2.41. The highest BCUT2D eigenvalue weighted by Gasteiger charge is 2.06. The quantitative estimate of drug-likeness (QED) is 0.761. The summed E-state index contributed by atoms with van der Waals surface area (Å²) in [5.41, 5.74) is 3.38. The topological polar surface area (TPSA) is 42.8 Å². The van der Waals surface area contributed by atoms with Gasteiger partial charge in [0.15, 0.2) is 0 Å². The van der Waals surface area contributed by atoms with Crippen LogP contribution in [0.25, 0.3) is 6.08 Å². The van der Waals surface area contributed by atoms with Crippen LogP contribution in [0.2, 0.25) is 0 Å². The van der Waals surface area contributed by atoms with Gasteiger partial charge in [-0.2, -0.15) is 0 Å². The third-order valence-electron chi connectivity index (χ3n) is 3.66. The van der Waals surface area contributed by atoms with E-state index in [1.807, 2.05) is 36.4 Å². The highest BCUT2D eigenvalue weighted by molar-refractivity contribution is 5.91. The number of carbonyl (C=O) groups is 1. The maximum atomic E-state index is 12.0. The summed E-state index contributed by atoms with van der Waals surface area (Å²) in [6.45, 7) is 1.48. The molecule has 4 nitrogen and oxygen atoms in total. The predicted molar refractivity (Wildman–Crippen MR) is 96.8 cm³/mol. The van der Waals surface area contributed by atoms with E-state index in [9.17, 15) is 4.79 Å². The maximum absolute atomic E-state index is 12.0. The number of hydrogen-bond donors (Lipinski definition) is 2. The number of carbonyl (C=O) groups excluding carboxylic acids is 1. The van der Waals surface area contributed by atoms with Crippen molar-refractivity contribution in [2.24, 2.45) is 0 Å². The molecule has 0 atom stereocenters. The zero-order chi connectivity index (χ0) is 17.4. The van der Waals surface area contributed by atoms with Crippen LogP contribution in [0.15, 0.2) is 54.6 Å². The minimum Gasteiger partial charge on any atom is -0.497 e. The van der Waals surface area contributed by atoms with Gasteiger partial charge in [-0.25, -0.2) is 0 Å². The van der Waals surface area contributed by atoms with Crippen LogP contribution in [-0.2, 0) is 17.9 Å². The van der Waals surface area contributed by atoms with Gasteiger partial charge in [0.1, 0.15) is 12.3 Å². The molecule has 0 aliphatic heterocycles. The van der Waals surface area contributed by atoms with Crippen LogP contribution in [0.4, 0.5) is 0 Å². The van der Waals surface area contributed by atoms with Gasteiger partial charge in [-0.3, -0.25) is 4.79 Å². The number of rotatable bonds is 7. The Labute approximate surface area is 143 Å². The number of quaternary nitrogens is 1. The van der Waals surface area contributed by atoms with Crippen molar-refractivity contribution >= 4 is 12.0 Å². The molecule has 24 heavy (non-hydrogen) atoms. The Bertz CT molecular complexity index is 691. The minimum atomic E-state index is -0.0992. The molecule has 0 radical (unpaired) electrons. The second-order valence-electron chi connectivity index (χ2n) is 5.98. The molecule has 2 aromatic carbocycles. The lowest BCUT2D eigenvalue weighted by Crippen LogP contribution is -3.04. The van der Waals surface area contributed by atoms with Gasteiger partial charge in [-0.15, -0.1) is 0 Å². The monoisotopic (exact) mass is 325 g/mol. The summed E-state index contributed by atoms with van der Waals surface area (Å²) in [6, 6.07) is 15.8. The highest BCUT2D eigenvalue weighted by Crippen LogP contribution is 2.12. The Morgan fingerprint density at radius 3 is 2.38 bits per heavy atom. The van der Waals surface area contributed by atoms with Crippen molar-refractivity contribution in [3.8, 4) is 5.75 Å². The number of ether oxygens (including phenoxy) is 1. The van der Waals surface area contributed by atoms with Crippen molar-refractivity contribution in [3.05, 3.63) is 71.3 Å². The summed E-state index contributed by atoms with van der Waals surface area (Å²) in [7, 11) is 5.87. The zero-order valence-electron chi connectivity index (χ0n) is 14.5. The first-order chi connectivity index (χ1) is 11.6. The fourth-order valence-electron chi connectivity index (χ4n) is 2.41. The molecular formula is C20H25N2O2+. The average molecular weight is 325 g/mol. The molecule has 0 unspecified atom stereocenters. The standard InChI is InChI=1S/C20H24N2O2/c1-22(2)15-18-7-5-4-6-17(18)14-21-20(23)13-10-16-8-11-19(24-3)12-9-16/h4-13H,14-15H2,1-3H3,(H,21,23)/p+1/b13-10+. The second kappa shape index (κ2) is 8.89. The highest BCUT2D eigenvalue weighted by atomic mass is 16.5. The summed E-state index contributed by atoms with van der Waals surface area (Å²) >= 11 is 0. The number of methoxy groups -OCH3 is 1. The normalized spacial score (nSPS) is 11.0. The SMILES string of the molecule is COc1ccc(/C=C/C(=O)NCc2ccccc2C[NH+](C)C)cc1. The van der Waals surface area contributed by atoms with Crippen molar-refractivity contribution in [3.63, 3.8) is 0 Å². The van der Waals surface area contributed by atoms with Crippen LogP contribution < -0.4 is 15.0 Å². The van der Waals surface area contributed by atoms with Crippen molar-refractivity contribution in [2.75, 3.05) is 21.2 Å². The van der Waals surface area contributed by atoms with Crippen LogP contribution in [0.5, 0.6) is 5.75 Å². The van der Waals surface area contributed by atoms with Crippen molar-refractivity contribution in [1.29, 1.82) is 0 Å². The first-order valence-corrected chi connectivity index (χ1v) is 8.04. The molecule has 0 bridgehead atoms. The number of nitrogens with one attached hydrogen (secondary N) is 2. The van der Waals surface area contributed by atoms with Gasteiger partial charge in [-0.05, 0) is 29.3 Å². The molecule has 0 saturated carbocycles. The van der Waals surface area contributed by atoms with Crippen LogP contribution >= 0.6 is 0 Å². The fraction of sp³-hybridized carbons (Fsp3) is 0.250. The van der Waals surface area contributed by atoms with E-state index < -0.39 is 0 Å². The van der Waals surface area contributed by atoms with Crippen molar-refractivity contribution in [1.82, 2.24) is 5.32 Å². The third kappa shape index (κ3) is 5.56. The molecule has 2 N–H and O–H groups in total. The van der Waals surface area contributed by atoms with Gasteiger partial charge in [-0.1, -0.05) is 36.4 Å². The van der Waals surface area contributed by atoms with Gasteiger partial charge >= 0.3 is 0 Å². The smallest absolute Gasteiger partial charge is 0.244 e. The summed E-state index contributed by atoms with van der Waals surface area (Å²) in [5.74, 6) is 0.703. The molecule has 0 spiro atoms. The molecule has 126 valence electrons. The van der Waals surface area contributed by atoms with E-state index in [2.05, 4.69) is 31.5 Å². The number of hydrogen-bond acceptors (Lipinski definition) is 2. The molecular weight excluding hydrogens is 300 g/mol. The lowest BCUT2D eigenvalue weighted by molar-refractivity contribution is -0.872. The Hall–Kier alpha value is -2.59. The van der Waals surface area contributed by atoms with Crippen molar-refractivity contribution in [2.45, 2.75) is 13.1 Å². The van der Waals surface area contributed by atoms with Gasteiger partial charge in [0, 0.05) is 18.2 Å². The molecule has 0 fully saturated rings. The number of amides is 1. The Morgan fingerprint density at radius 1 is 1.08 bits per heavy atom. The van der Waals surface area contributed by atoms with Crippen LogP contribution in [0, 0.1) is 0 Å². The molecule has 1 amide bonds. The van der Waals surface area contributed by atoms with E-state index in [-0.39, 0.29) is 5.91 Å². The van der Waals surface area contributed by atoms with E-state index in [0.717, 1.165) is 23.4 Å². The molecule has 0 aliphatic rings. The van der Waals surface area contributed by atoms with E-state index in [0.29, 0.717) is 6.54 Å². The Balaban J connectivity index is 1.92. The predicted octanol–water partition coefficient (Wildman–Crippen LogP) is 1.67. The largest absolute Gasteiger partial charge is 0.497 e. The minimum absolute atomic E-state index is 0.0992.